The molecule has 1 aliphatic heterocycles. The van der Waals surface area contributed by atoms with E-state index in [0.717, 1.165) is 21.9 Å². The lowest BCUT2D eigenvalue weighted by Crippen LogP contribution is -2.41. The summed E-state index contributed by atoms with van der Waals surface area (Å²) in [6.45, 7) is 8.20. The van der Waals surface area contributed by atoms with E-state index in [2.05, 4.69) is 4.98 Å². The number of benzene rings is 1. The van der Waals surface area contributed by atoms with Crippen LogP contribution in [0.5, 0.6) is 0 Å². The third-order valence-electron chi connectivity index (χ3n) is 4.96. The van der Waals surface area contributed by atoms with Crippen molar-refractivity contribution in [3.05, 3.63) is 36.0 Å². The average Bonchev–Trinajstić information content (AvgIpc) is 2.76. The van der Waals surface area contributed by atoms with Crippen LogP contribution in [0.1, 0.15) is 39.5 Å². The topological polar surface area (TPSA) is 49.8 Å². The summed E-state index contributed by atoms with van der Waals surface area (Å²) in [4.78, 5) is 4.53. The van der Waals surface area contributed by atoms with Crippen LogP contribution >= 0.6 is 0 Å². The van der Waals surface area contributed by atoms with Crippen LogP contribution in [0.4, 0.5) is 0 Å². The Morgan fingerprint density at radius 1 is 1.00 bits per heavy atom. The zero-order chi connectivity index (χ0) is 17.5. The Labute approximate surface area is 143 Å². The summed E-state index contributed by atoms with van der Waals surface area (Å²) in [5.41, 5.74) is 2.03. The maximum atomic E-state index is 6.11. The van der Waals surface area contributed by atoms with E-state index in [1.165, 1.54) is 0 Å². The molecule has 1 aromatic carbocycles. The third-order valence-corrected chi connectivity index (χ3v) is 4.96. The van der Waals surface area contributed by atoms with E-state index in [1.54, 1.807) is 20.4 Å². The molecule has 0 bridgehead atoms. The fourth-order valence-electron chi connectivity index (χ4n) is 2.78. The molecule has 0 unspecified atom stereocenters. The second kappa shape index (κ2) is 6.12. The second-order valence-corrected chi connectivity index (χ2v) is 7.11. The highest BCUT2D eigenvalue weighted by atomic mass is 16.7. The number of methoxy groups -OCH3 is 2. The summed E-state index contributed by atoms with van der Waals surface area (Å²) in [6, 6.07) is 8.07. The SMILES string of the molecule is COC(OC)c1cnc2cc(B3OC(C)(C)C(C)(C)O3)ccc2c1. The number of ether oxygens (including phenoxy) is 2. The summed E-state index contributed by atoms with van der Waals surface area (Å²) in [5, 5.41) is 1.02. The van der Waals surface area contributed by atoms with Gasteiger partial charge in [-0.25, -0.2) is 0 Å². The molecular formula is C18H24BNO4. The van der Waals surface area contributed by atoms with Crippen molar-refractivity contribution >= 4 is 23.5 Å². The van der Waals surface area contributed by atoms with Gasteiger partial charge in [0, 0.05) is 31.4 Å². The van der Waals surface area contributed by atoms with Gasteiger partial charge < -0.3 is 18.8 Å². The highest BCUT2D eigenvalue weighted by Crippen LogP contribution is 2.36. The normalized spacial score (nSPS) is 19.4. The van der Waals surface area contributed by atoms with Gasteiger partial charge in [-0.3, -0.25) is 4.98 Å². The average molecular weight is 329 g/mol. The first kappa shape index (κ1) is 17.4. The predicted octanol–water partition coefficient (Wildman–Crippen LogP) is 2.83. The molecule has 0 radical (unpaired) electrons. The first-order valence-electron chi connectivity index (χ1n) is 8.08. The van der Waals surface area contributed by atoms with E-state index >= 15 is 0 Å². The lowest BCUT2D eigenvalue weighted by atomic mass is 9.78. The van der Waals surface area contributed by atoms with E-state index in [-0.39, 0.29) is 18.3 Å². The summed E-state index contributed by atoms with van der Waals surface area (Å²) in [6.07, 6.45) is 1.36. The molecule has 1 saturated heterocycles. The molecule has 2 aromatic rings. The van der Waals surface area contributed by atoms with Gasteiger partial charge >= 0.3 is 7.12 Å². The van der Waals surface area contributed by atoms with E-state index in [1.807, 2.05) is 52.0 Å². The number of hydrogen-bond acceptors (Lipinski definition) is 5. The van der Waals surface area contributed by atoms with Gasteiger partial charge in [0.2, 0.25) is 0 Å². The van der Waals surface area contributed by atoms with Crippen molar-refractivity contribution in [3.8, 4) is 0 Å². The maximum absolute atomic E-state index is 6.11. The molecule has 1 aliphatic rings. The molecule has 1 aromatic heterocycles. The number of rotatable bonds is 4. The molecule has 0 aliphatic carbocycles. The second-order valence-electron chi connectivity index (χ2n) is 7.11. The van der Waals surface area contributed by atoms with Crippen LogP contribution in [0.2, 0.25) is 0 Å². The molecule has 2 heterocycles. The molecule has 0 N–H and O–H groups in total. The van der Waals surface area contributed by atoms with Gasteiger partial charge in [0.15, 0.2) is 6.29 Å². The van der Waals surface area contributed by atoms with Gasteiger partial charge in [0.25, 0.3) is 0 Å². The lowest BCUT2D eigenvalue weighted by Gasteiger charge is -2.32. The van der Waals surface area contributed by atoms with Crippen molar-refractivity contribution in [2.75, 3.05) is 14.2 Å². The van der Waals surface area contributed by atoms with E-state index in [0.29, 0.717) is 0 Å². The molecule has 0 spiro atoms. The van der Waals surface area contributed by atoms with Gasteiger partial charge in [-0.15, -0.1) is 0 Å². The number of fused-ring (bicyclic) bond motifs is 1. The molecule has 6 heteroatoms. The van der Waals surface area contributed by atoms with Gasteiger partial charge in [-0.05, 0) is 45.3 Å². The largest absolute Gasteiger partial charge is 0.494 e. The Morgan fingerprint density at radius 2 is 1.62 bits per heavy atom. The van der Waals surface area contributed by atoms with Crippen molar-refractivity contribution in [1.82, 2.24) is 4.98 Å². The van der Waals surface area contributed by atoms with Crippen molar-refractivity contribution < 1.29 is 18.8 Å². The Hall–Kier alpha value is -1.47. The highest BCUT2D eigenvalue weighted by Gasteiger charge is 2.51. The van der Waals surface area contributed by atoms with Gasteiger partial charge in [0.1, 0.15) is 0 Å². The van der Waals surface area contributed by atoms with E-state index in [9.17, 15) is 0 Å². The van der Waals surface area contributed by atoms with Crippen LogP contribution in [-0.4, -0.2) is 37.5 Å². The highest BCUT2D eigenvalue weighted by molar-refractivity contribution is 6.62. The Balaban J connectivity index is 1.92. The van der Waals surface area contributed by atoms with Crippen LogP contribution < -0.4 is 5.46 Å². The number of aromatic nitrogens is 1. The predicted molar refractivity (Wildman–Crippen MR) is 94.2 cm³/mol. The smallest absolute Gasteiger partial charge is 0.399 e. The number of pyridine rings is 1. The monoisotopic (exact) mass is 329 g/mol. The fraction of sp³-hybridized carbons (Fsp3) is 0.500. The van der Waals surface area contributed by atoms with Crippen LogP contribution in [0.15, 0.2) is 30.5 Å². The number of nitrogens with zero attached hydrogens (tertiary/aromatic N) is 1. The Bertz CT molecular complexity index is 727. The number of hydrogen-bond donors (Lipinski definition) is 0. The van der Waals surface area contributed by atoms with Crippen molar-refractivity contribution in [1.29, 1.82) is 0 Å². The molecule has 0 amide bonds. The Kier molecular flexibility index (Phi) is 4.42. The molecule has 1 fully saturated rings. The van der Waals surface area contributed by atoms with Gasteiger partial charge in [-0.1, -0.05) is 12.1 Å². The van der Waals surface area contributed by atoms with Crippen LogP contribution in [0.25, 0.3) is 10.9 Å². The van der Waals surface area contributed by atoms with Crippen LogP contribution in [0.3, 0.4) is 0 Å². The minimum absolute atomic E-state index is 0.353. The summed E-state index contributed by atoms with van der Waals surface area (Å²) < 4.78 is 22.8. The van der Waals surface area contributed by atoms with Crippen molar-refractivity contribution in [2.45, 2.75) is 45.2 Å². The van der Waals surface area contributed by atoms with Crippen molar-refractivity contribution in [3.63, 3.8) is 0 Å². The van der Waals surface area contributed by atoms with Crippen molar-refractivity contribution in [2.24, 2.45) is 0 Å². The Morgan fingerprint density at radius 3 is 2.21 bits per heavy atom. The van der Waals surface area contributed by atoms with Gasteiger partial charge in [-0.2, -0.15) is 0 Å². The molecule has 24 heavy (non-hydrogen) atoms. The first-order valence-corrected chi connectivity index (χ1v) is 8.08. The summed E-state index contributed by atoms with van der Waals surface area (Å²) in [5.74, 6) is 0. The van der Waals surface area contributed by atoms with Crippen LogP contribution in [0, 0.1) is 0 Å². The third kappa shape index (κ3) is 2.95. The maximum Gasteiger partial charge on any atom is 0.494 e. The quantitative estimate of drug-likeness (QED) is 0.638. The lowest BCUT2D eigenvalue weighted by molar-refractivity contribution is -0.106. The zero-order valence-electron chi connectivity index (χ0n) is 15.1. The van der Waals surface area contributed by atoms with E-state index in [4.69, 9.17) is 18.8 Å². The minimum atomic E-state index is -0.412. The minimum Gasteiger partial charge on any atom is -0.399 e. The standard InChI is InChI=1S/C18H24BNO4/c1-17(2)18(3,4)24-19(23-17)14-8-7-12-9-13(16(21-5)22-6)11-20-15(12)10-14/h7-11,16H,1-6H3. The molecule has 3 rings (SSSR count). The van der Waals surface area contributed by atoms with E-state index < -0.39 is 6.29 Å². The summed E-state index contributed by atoms with van der Waals surface area (Å²) >= 11 is 0. The molecule has 0 saturated carbocycles. The zero-order valence-corrected chi connectivity index (χ0v) is 15.1. The molecular weight excluding hydrogens is 305 g/mol. The summed E-state index contributed by atoms with van der Waals surface area (Å²) in [7, 11) is 2.84. The molecule has 5 nitrogen and oxygen atoms in total. The molecule has 128 valence electrons. The first-order chi connectivity index (χ1) is 11.3. The van der Waals surface area contributed by atoms with Crippen LogP contribution in [-0.2, 0) is 18.8 Å². The fourth-order valence-corrected chi connectivity index (χ4v) is 2.78. The molecule has 0 atom stereocenters. The van der Waals surface area contributed by atoms with Gasteiger partial charge in [0.05, 0.1) is 16.7 Å².